The van der Waals surface area contributed by atoms with Crippen LogP contribution in [0, 0.1) is 5.92 Å². The number of alkyl carbamates (subject to hydrolysis) is 1. The van der Waals surface area contributed by atoms with E-state index in [1.54, 1.807) is 20.8 Å². The average Bonchev–Trinajstić information content (AvgIpc) is 3.47. The molecule has 15 nitrogen and oxygen atoms in total. The van der Waals surface area contributed by atoms with Gasteiger partial charge in [0.2, 0.25) is 23.5 Å². The van der Waals surface area contributed by atoms with Crippen LogP contribution in [0.25, 0.3) is 0 Å². The van der Waals surface area contributed by atoms with Crippen LogP contribution in [0.2, 0.25) is 0 Å². The molecule has 1 aliphatic carbocycles. The first-order chi connectivity index (χ1) is 22.9. The highest BCUT2D eigenvalue weighted by Crippen LogP contribution is 2.30. The second kappa shape index (κ2) is 17.0. The van der Waals surface area contributed by atoms with Gasteiger partial charge in [-0.1, -0.05) is 39.2 Å². The van der Waals surface area contributed by atoms with Crippen molar-refractivity contribution in [2.24, 2.45) is 5.92 Å². The fourth-order valence-corrected chi connectivity index (χ4v) is 6.43. The van der Waals surface area contributed by atoms with Gasteiger partial charge in [-0.15, -0.1) is 0 Å². The molecule has 5 amide bonds. The lowest BCUT2D eigenvalue weighted by Gasteiger charge is -2.35. The Labute approximate surface area is 288 Å². The first-order valence-corrected chi connectivity index (χ1v) is 17.3. The molecule has 2 aliphatic heterocycles. The molecule has 49 heavy (non-hydrogen) atoms. The van der Waals surface area contributed by atoms with Gasteiger partial charge in [-0.05, 0) is 72.6 Å². The number of Topliss-reactive ketones (excluding diaryl/α,β-unsaturated/α-hetero) is 1. The molecule has 4 unspecified atom stereocenters. The van der Waals surface area contributed by atoms with E-state index in [2.05, 4.69) is 33.2 Å². The van der Waals surface area contributed by atoms with Gasteiger partial charge in [-0.3, -0.25) is 28.8 Å². The molecule has 15 heteroatoms. The van der Waals surface area contributed by atoms with Crippen molar-refractivity contribution in [1.82, 2.24) is 31.5 Å². The largest absolute Gasteiger partial charge is 0.444 e. The number of carbonyl (C=O) groups excluding carboxylic acids is 7. The van der Waals surface area contributed by atoms with Crippen LogP contribution in [0.5, 0.6) is 0 Å². The molecule has 274 valence electrons. The number of rotatable bonds is 13. The lowest BCUT2D eigenvalue weighted by Crippen LogP contribution is -2.58. The molecular formula is C34H54N6O9. The Bertz CT molecular complexity index is 1290. The van der Waals surface area contributed by atoms with Crippen LogP contribution < -0.4 is 26.6 Å². The fraction of sp³-hybridized carbons (Fsp3) is 0.735. The van der Waals surface area contributed by atoms with Crippen LogP contribution in [-0.4, -0.2) is 95.0 Å². The van der Waals surface area contributed by atoms with E-state index in [1.807, 2.05) is 6.92 Å². The molecule has 1 saturated carbocycles. The molecule has 0 bridgehead atoms. The molecule has 0 spiro atoms. The third-order valence-corrected chi connectivity index (χ3v) is 8.65. The Hall–Kier alpha value is -4.17. The summed E-state index contributed by atoms with van der Waals surface area (Å²) in [7, 11) is 0. The van der Waals surface area contributed by atoms with Crippen molar-refractivity contribution in [2.75, 3.05) is 13.1 Å². The minimum Gasteiger partial charge on any atom is -0.444 e. The van der Waals surface area contributed by atoms with Gasteiger partial charge in [0.15, 0.2) is 5.72 Å². The molecule has 0 radical (unpaired) electrons. The highest BCUT2D eigenvalue weighted by molar-refractivity contribution is 6.38. The zero-order valence-corrected chi connectivity index (χ0v) is 29.7. The molecule has 3 fully saturated rings. The van der Waals surface area contributed by atoms with Crippen molar-refractivity contribution in [2.45, 2.75) is 141 Å². The number of ketones is 1. The maximum absolute atomic E-state index is 14.0. The fourth-order valence-electron chi connectivity index (χ4n) is 6.43. The van der Waals surface area contributed by atoms with Crippen molar-refractivity contribution < 1.29 is 43.0 Å². The summed E-state index contributed by atoms with van der Waals surface area (Å²) in [4.78, 5) is 92.5. The van der Waals surface area contributed by atoms with E-state index in [1.165, 1.54) is 18.7 Å². The number of hydrogen-bond donors (Lipinski definition) is 5. The minimum atomic E-state index is -1.18. The van der Waals surface area contributed by atoms with Gasteiger partial charge in [0, 0.05) is 12.2 Å². The van der Waals surface area contributed by atoms with Gasteiger partial charge in [0.05, 0.1) is 19.0 Å². The molecule has 3 aliphatic rings. The molecule has 2 saturated heterocycles. The molecule has 0 aromatic carbocycles. The number of nitrogens with zero attached hydrogens (tertiary/aromatic N) is 1. The van der Waals surface area contributed by atoms with E-state index in [4.69, 9.17) is 9.47 Å². The van der Waals surface area contributed by atoms with Crippen molar-refractivity contribution in [3.63, 3.8) is 0 Å². The van der Waals surface area contributed by atoms with E-state index in [-0.39, 0.29) is 36.9 Å². The van der Waals surface area contributed by atoms with Crippen molar-refractivity contribution >= 4 is 41.5 Å². The number of nitrogens with one attached hydrogen (secondary N) is 5. The van der Waals surface area contributed by atoms with E-state index in [0.717, 1.165) is 32.1 Å². The van der Waals surface area contributed by atoms with Crippen molar-refractivity contribution in [3.05, 3.63) is 12.3 Å². The lowest BCUT2D eigenvalue weighted by molar-refractivity contribution is -0.157. The number of cyclic esters (lactones) is 1. The average molecular weight is 691 g/mol. The quantitative estimate of drug-likeness (QED) is 0.140. The Balaban J connectivity index is 1.62. The van der Waals surface area contributed by atoms with Gasteiger partial charge >= 0.3 is 12.1 Å². The highest BCUT2D eigenvalue weighted by atomic mass is 16.6. The third kappa shape index (κ3) is 11.7. The first kappa shape index (κ1) is 39.3. The summed E-state index contributed by atoms with van der Waals surface area (Å²) in [5.41, 5.74) is -1.75. The Morgan fingerprint density at radius 3 is 2.35 bits per heavy atom. The Kier molecular flexibility index (Phi) is 13.6. The topological polar surface area (TPSA) is 201 Å². The number of likely N-dealkylation sites (tertiary alicyclic amines) is 1. The number of carbonyl (C=O) groups is 7. The van der Waals surface area contributed by atoms with Crippen LogP contribution in [0.3, 0.4) is 0 Å². The molecular weight excluding hydrogens is 636 g/mol. The summed E-state index contributed by atoms with van der Waals surface area (Å²) in [6, 6.07) is -3.86. The van der Waals surface area contributed by atoms with Crippen LogP contribution in [-0.2, 0) is 38.2 Å². The minimum absolute atomic E-state index is 0.0990. The van der Waals surface area contributed by atoms with Crippen LogP contribution >= 0.6 is 0 Å². The van der Waals surface area contributed by atoms with Gasteiger partial charge in [0.25, 0.3) is 5.91 Å². The maximum atomic E-state index is 14.0. The van der Waals surface area contributed by atoms with Crippen molar-refractivity contribution in [3.8, 4) is 0 Å². The van der Waals surface area contributed by atoms with Gasteiger partial charge in [0.1, 0.15) is 23.7 Å². The van der Waals surface area contributed by atoms with Crippen LogP contribution in [0.1, 0.15) is 106 Å². The van der Waals surface area contributed by atoms with E-state index in [0.29, 0.717) is 25.8 Å². The zero-order valence-electron chi connectivity index (χ0n) is 29.7. The molecule has 4 atom stereocenters. The summed E-state index contributed by atoms with van der Waals surface area (Å²) in [6.07, 6.45) is 5.09. The third-order valence-electron chi connectivity index (χ3n) is 8.65. The second-order valence-electron chi connectivity index (χ2n) is 14.6. The van der Waals surface area contributed by atoms with Crippen LogP contribution in [0.4, 0.5) is 4.79 Å². The smallest absolute Gasteiger partial charge is 0.408 e. The number of hydrogen-bond acceptors (Lipinski definition) is 10. The summed E-state index contributed by atoms with van der Waals surface area (Å²) in [5, 5.41) is 13.3. The number of esters is 1. The van der Waals surface area contributed by atoms with E-state index < -0.39 is 71.1 Å². The van der Waals surface area contributed by atoms with Crippen LogP contribution in [0.15, 0.2) is 12.3 Å². The Morgan fingerprint density at radius 2 is 1.71 bits per heavy atom. The number of amides is 5. The maximum Gasteiger partial charge on any atom is 0.408 e. The first-order valence-electron chi connectivity index (χ1n) is 17.3. The van der Waals surface area contributed by atoms with Gasteiger partial charge in [-0.25, -0.2) is 4.79 Å². The molecule has 2 heterocycles. The van der Waals surface area contributed by atoms with Gasteiger partial charge < -0.3 is 41.0 Å². The molecule has 0 aromatic rings. The van der Waals surface area contributed by atoms with E-state index >= 15 is 0 Å². The molecule has 5 N–H and O–H groups in total. The molecule has 0 aromatic heterocycles. The number of ether oxygens (including phenoxy) is 2. The standard InChI is InChI=1S/C34H54N6O9/c1-8-13-22(27(42)30(45)35-19-20(2)36-23-18-25(41)48-34(6,7)39-28(23)43)37-29(44)24-16-12-17-40(24)31(46)26(21-14-10-9-11-15-21)38-32(47)49-33(3,4)5/h21-24,26,36H,2,8-19H2,1,3-7H3,(H,35,45)(H,37,44)(H,38,47)(H,39,43). The Morgan fingerprint density at radius 1 is 1.04 bits per heavy atom. The monoisotopic (exact) mass is 690 g/mol. The van der Waals surface area contributed by atoms with Crippen molar-refractivity contribution in [1.29, 1.82) is 0 Å². The lowest BCUT2D eigenvalue weighted by atomic mass is 9.83. The molecule has 3 rings (SSSR count). The normalized spacial score (nSPS) is 22.4. The summed E-state index contributed by atoms with van der Waals surface area (Å²) in [5.74, 6) is -3.94. The predicted octanol–water partition coefficient (Wildman–Crippen LogP) is 1.69. The van der Waals surface area contributed by atoms with E-state index in [9.17, 15) is 33.6 Å². The highest BCUT2D eigenvalue weighted by Gasteiger charge is 2.42. The summed E-state index contributed by atoms with van der Waals surface area (Å²) < 4.78 is 10.6. The van der Waals surface area contributed by atoms with Gasteiger partial charge in [-0.2, -0.15) is 0 Å². The summed E-state index contributed by atoms with van der Waals surface area (Å²) >= 11 is 0. The zero-order chi connectivity index (χ0) is 36.5. The predicted molar refractivity (Wildman–Crippen MR) is 178 cm³/mol. The summed E-state index contributed by atoms with van der Waals surface area (Å²) in [6.45, 7) is 14.0. The second-order valence-corrected chi connectivity index (χ2v) is 14.6. The SMILES string of the molecule is C=C(CNC(=O)C(=O)C(CCC)NC(=O)C1CCCN1C(=O)C(NC(=O)OC(C)(C)C)C1CCCCC1)NC1CC(=O)OC(C)(C)NC1=O.